The molecule has 0 atom stereocenters. The van der Waals surface area contributed by atoms with Gasteiger partial charge >= 0.3 is 0 Å². The second-order valence-electron chi connectivity index (χ2n) is 7.01. The molecule has 2 aromatic carbocycles. The lowest BCUT2D eigenvalue weighted by atomic mass is 10.0. The lowest BCUT2D eigenvalue weighted by Gasteiger charge is -2.28. The quantitative estimate of drug-likeness (QED) is 0.658. The number of amides is 1. The van der Waals surface area contributed by atoms with E-state index in [4.69, 9.17) is 20.9 Å². The van der Waals surface area contributed by atoms with Crippen LogP contribution in [0.1, 0.15) is 21.7 Å². The summed E-state index contributed by atoms with van der Waals surface area (Å²) in [7, 11) is 0. The monoisotopic (exact) mass is 429 g/mol. The topological polar surface area (TPSA) is 67.6 Å². The van der Waals surface area contributed by atoms with Crippen LogP contribution in [-0.2, 0) is 11.3 Å². The Hall–Kier alpha value is -2.90. The van der Waals surface area contributed by atoms with Crippen LogP contribution in [0.4, 0.5) is 10.1 Å². The largest absolute Gasteiger partial charge is 0.378 e. The average Bonchev–Trinajstić information content (AvgIpc) is 3.14. The molecule has 156 valence electrons. The molecule has 1 amide bonds. The standard InChI is InChI=1S/C22H21ClFN3O3/c1-14-19(21(26-30-14)20-17(23)3-2-4-18(20)24)22(28)25-13-15-5-7-16(8-6-15)27-9-11-29-12-10-27/h2-8H,9-13H2,1H3,(H,25,28). The summed E-state index contributed by atoms with van der Waals surface area (Å²) in [6.45, 7) is 5.11. The van der Waals surface area contributed by atoms with E-state index in [1.807, 2.05) is 24.3 Å². The van der Waals surface area contributed by atoms with Crippen molar-refractivity contribution in [1.82, 2.24) is 10.5 Å². The summed E-state index contributed by atoms with van der Waals surface area (Å²) in [4.78, 5) is 15.1. The summed E-state index contributed by atoms with van der Waals surface area (Å²) in [5, 5.41) is 6.89. The first-order valence-corrected chi connectivity index (χ1v) is 10.0. The highest BCUT2D eigenvalue weighted by molar-refractivity contribution is 6.33. The summed E-state index contributed by atoms with van der Waals surface area (Å²) in [6, 6.07) is 12.3. The molecule has 1 aromatic heterocycles. The molecular weight excluding hydrogens is 409 g/mol. The third-order valence-electron chi connectivity index (χ3n) is 5.05. The van der Waals surface area contributed by atoms with E-state index in [2.05, 4.69) is 15.4 Å². The molecule has 1 saturated heterocycles. The van der Waals surface area contributed by atoms with Gasteiger partial charge in [0.05, 0.1) is 23.8 Å². The Labute approximate surface area is 178 Å². The zero-order valence-corrected chi connectivity index (χ0v) is 17.2. The van der Waals surface area contributed by atoms with Crippen molar-refractivity contribution >= 4 is 23.2 Å². The highest BCUT2D eigenvalue weighted by Gasteiger charge is 2.25. The zero-order valence-electron chi connectivity index (χ0n) is 16.5. The van der Waals surface area contributed by atoms with E-state index in [-0.39, 0.29) is 21.8 Å². The molecule has 8 heteroatoms. The van der Waals surface area contributed by atoms with Crippen LogP contribution in [0.15, 0.2) is 47.0 Å². The molecule has 2 heterocycles. The van der Waals surface area contributed by atoms with Crippen LogP contribution in [0, 0.1) is 12.7 Å². The number of aromatic nitrogens is 1. The van der Waals surface area contributed by atoms with Crippen molar-refractivity contribution in [2.24, 2.45) is 0 Å². The Morgan fingerprint density at radius 1 is 1.20 bits per heavy atom. The van der Waals surface area contributed by atoms with Crippen molar-refractivity contribution in [3.05, 3.63) is 70.2 Å². The Balaban J connectivity index is 1.48. The molecule has 3 aromatic rings. The van der Waals surface area contributed by atoms with Gasteiger partial charge in [-0.15, -0.1) is 0 Å². The van der Waals surface area contributed by atoms with Crippen LogP contribution in [-0.4, -0.2) is 37.4 Å². The van der Waals surface area contributed by atoms with Gasteiger partial charge in [0.2, 0.25) is 0 Å². The number of carbonyl (C=O) groups excluding carboxylic acids is 1. The van der Waals surface area contributed by atoms with Crippen LogP contribution < -0.4 is 10.2 Å². The number of benzene rings is 2. The highest BCUT2D eigenvalue weighted by Crippen LogP contribution is 2.33. The Bertz CT molecular complexity index is 1030. The number of aryl methyl sites for hydroxylation is 1. The number of hydrogen-bond donors (Lipinski definition) is 1. The molecule has 6 nitrogen and oxygen atoms in total. The fourth-order valence-electron chi connectivity index (χ4n) is 3.45. The molecule has 0 unspecified atom stereocenters. The van der Waals surface area contributed by atoms with E-state index in [1.54, 1.807) is 13.0 Å². The summed E-state index contributed by atoms with van der Waals surface area (Å²) in [5.74, 6) is -0.673. The maximum absolute atomic E-state index is 14.3. The van der Waals surface area contributed by atoms with E-state index < -0.39 is 11.7 Å². The number of ether oxygens (including phenoxy) is 1. The van der Waals surface area contributed by atoms with Crippen molar-refractivity contribution < 1.29 is 18.4 Å². The molecule has 1 aliphatic heterocycles. The molecule has 0 saturated carbocycles. The van der Waals surface area contributed by atoms with Crippen LogP contribution in [0.3, 0.4) is 0 Å². The second-order valence-corrected chi connectivity index (χ2v) is 7.41. The summed E-state index contributed by atoms with van der Waals surface area (Å²) < 4.78 is 24.9. The molecule has 1 N–H and O–H groups in total. The van der Waals surface area contributed by atoms with Gasteiger partial charge in [-0.3, -0.25) is 4.79 Å². The highest BCUT2D eigenvalue weighted by atomic mass is 35.5. The van der Waals surface area contributed by atoms with E-state index in [0.29, 0.717) is 12.3 Å². The molecule has 0 spiro atoms. The third kappa shape index (κ3) is 4.17. The van der Waals surface area contributed by atoms with E-state index in [9.17, 15) is 9.18 Å². The lowest BCUT2D eigenvalue weighted by molar-refractivity contribution is 0.0950. The fraction of sp³-hybridized carbons (Fsp3) is 0.273. The molecule has 0 aliphatic carbocycles. The summed E-state index contributed by atoms with van der Waals surface area (Å²) in [5.41, 5.74) is 2.39. The molecule has 30 heavy (non-hydrogen) atoms. The van der Waals surface area contributed by atoms with Gasteiger partial charge in [0.1, 0.15) is 22.8 Å². The van der Waals surface area contributed by atoms with E-state index in [1.165, 1.54) is 12.1 Å². The number of nitrogens with zero attached hydrogens (tertiary/aromatic N) is 2. The molecule has 1 aliphatic rings. The van der Waals surface area contributed by atoms with Gasteiger partial charge in [0.15, 0.2) is 0 Å². The van der Waals surface area contributed by atoms with Gasteiger partial charge in [-0.2, -0.15) is 0 Å². The number of nitrogens with one attached hydrogen (secondary N) is 1. The predicted molar refractivity (Wildman–Crippen MR) is 112 cm³/mol. The SMILES string of the molecule is Cc1onc(-c2c(F)cccc2Cl)c1C(=O)NCc1ccc(N2CCOCC2)cc1. The molecular formula is C22H21ClFN3O3. The minimum absolute atomic E-state index is 0.0519. The van der Waals surface area contributed by atoms with E-state index >= 15 is 0 Å². The van der Waals surface area contributed by atoms with Crippen molar-refractivity contribution in [3.8, 4) is 11.3 Å². The van der Waals surface area contributed by atoms with Gasteiger partial charge in [-0.05, 0) is 36.8 Å². The van der Waals surface area contributed by atoms with Gasteiger partial charge in [0.25, 0.3) is 5.91 Å². The van der Waals surface area contributed by atoms with Crippen LogP contribution in [0.25, 0.3) is 11.3 Å². The number of morpholine rings is 1. The fourth-order valence-corrected chi connectivity index (χ4v) is 3.70. The zero-order chi connectivity index (χ0) is 21.1. The van der Waals surface area contributed by atoms with Gasteiger partial charge in [-0.25, -0.2) is 4.39 Å². The first kappa shape index (κ1) is 20.4. The smallest absolute Gasteiger partial charge is 0.257 e. The van der Waals surface area contributed by atoms with E-state index in [0.717, 1.165) is 37.6 Å². The number of rotatable bonds is 5. The minimum atomic E-state index is -0.566. The summed E-state index contributed by atoms with van der Waals surface area (Å²) in [6.07, 6.45) is 0. The second kappa shape index (κ2) is 8.85. The minimum Gasteiger partial charge on any atom is -0.378 e. The lowest BCUT2D eigenvalue weighted by Crippen LogP contribution is -2.36. The Morgan fingerprint density at radius 3 is 2.63 bits per heavy atom. The Kier molecular flexibility index (Phi) is 6.01. The van der Waals surface area contributed by atoms with Crippen LogP contribution >= 0.6 is 11.6 Å². The predicted octanol–water partition coefficient (Wildman–Crippen LogP) is 4.21. The van der Waals surface area contributed by atoms with Gasteiger partial charge < -0.3 is 19.5 Å². The maximum atomic E-state index is 14.3. The first-order chi connectivity index (χ1) is 14.5. The summed E-state index contributed by atoms with van der Waals surface area (Å²) >= 11 is 6.14. The van der Waals surface area contributed by atoms with Gasteiger partial charge in [-0.1, -0.05) is 35.0 Å². The van der Waals surface area contributed by atoms with Crippen molar-refractivity contribution in [2.75, 3.05) is 31.2 Å². The number of anilines is 1. The number of hydrogen-bond acceptors (Lipinski definition) is 5. The molecule has 4 rings (SSSR count). The van der Waals surface area contributed by atoms with Crippen LogP contribution in [0.5, 0.6) is 0 Å². The number of carbonyl (C=O) groups is 1. The first-order valence-electron chi connectivity index (χ1n) is 9.65. The maximum Gasteiger partial charge on any atom is 0.257 e. The Morgan fingerprint density at radius 2 is 1.93 bits per heavy atom. The molecule has 1 fully saturated rings. The van der Waals surface area contributed by atoms with Crippen molar-refractivity contribution in [2.45, 2.75) is 13.5 Å². The third-order valence-corrected chi connectivity index (χ3v) is 5.37. The van der Waals surface area contributed by atoms with Crippen LogP contribution in [0.2, 0.25) is 5.02 Å². The van der Waals surface area contributed by atoms with Crippen molar-refractivity contribution in [1.29, 1.82) is 0 Å². The molecule has 0 radical (unpaired) electrons. The van der Waals surface area contributed by atoms with Gasteiger partial charge in [0, 0.05) is 25.3 Å². The average molecular weight is 430 g/mol. The van der Waals surface area contributed by atoms with Crippen molar-refractivity contribution in [3.63, 3.8) is 0 Å². The molecule has 0 bridgehead atoms. The normalized spacial score (nSPS) is 14.0. The number of halogens is 2.